The molecular formula is C14H11Br2N5O3. The number of hydrazone groups is 1. The van der Waals surface area contributed by atoms with Crippen LogP contribution in [-0.4, -0.2) is 28.1 Å². The molecule has 1 aliphatic rings. The molecule has 0 saturated heterocycles. The van der Waals surface area contributed by atoms with E-state index in [1.165, 1.54) is 12.1 Å². The van der Waals surface area contributed by atoms with Gasteiger partial charge in [0.2, 0.25) is 0 Å². The summed E-state index contributed by atoms with van der Waals surface area (Å²) in [7, 11) is 0. The number of fused-ring (bicyclic) bond motifs is 1. The van der Waals surface area contributed by atoms with Crippen molar-refractivity contribution in [2.24, 2.45) is 5.10 Å². The number of nitrogens with zero attached hydrogens (tertiary/aromatic N) is 2. The molecule has 1 aromatic heterocycles. The molecule has 2 heterocycles. The number of hydrogen-bond donors (Lipinski definition) is 3. The summed E-state index contributed by atoms with van der Waals surface area (Å²) in [6.07, 6.45) is 0.543. The first-order chi connectivity index (χ1) is 11.5. The Kier molecular flexibility index (Phi) is 4.67. The van der Waals surface area contributed by atoms with Crippen LogP contribution in [0.3, 0.4) is 0 Å². The second-order valence-electron chi connectivity index (χ2n) is 4.98. The van der Waals surface area contributed by atoms with Gasteiger partial charge in [-0.2, -0.15) is 5.10 Å². The van der Waals surface area contributed by atoms with Crippen LogP contribution in [0.15, 0.2) is 38.4 Å². The number of amides is 1. The fraction of sp³-hybridized carbons (Fsp3) is 0.143. The molecule has 0 bridgehead atoms. The van der Waals surface area contributed by atoms with Crippen LogP contribution in [0.2, 0.25) is 0 Å². The molecule has 1 amide bonds. The molecule has 8 nitrogen and oxygen atoms in total. The van der Waals surface area contributed by atoms with Crippen molar-refractivity contribution >= 4 is 54.9 Å². The molecule has 0 saturated carbocycles. The lowest BCUT2D eigenvalue weighted by molar-refractivity contribution is -0.384. The van der Waals surface area contributed by atoms with Crippen LogP contribution in [0.1, 0.15) is 22.5 Å². The Morgan fingerprint density at radius 3 is 2.62 bits per heavy atom. The van der Waals surface area contributed by atoms with E-state index in [2.05, 4.69) is 52.7 Å². The standard InChI is InChI=1S/C14H11Br2N5O3/c15-11-10-9(5-6-17-14(22)12(10)18-13(11)16)20-19-7-1-3-8(4-2-7)21(23)24/h1-4,18-19H,5-6H2,(H,17,22)/b20-9-. The molecule has 0 unspecified atom stereocenters. The Bertz CT molecular complexity index is 845. The predicted octanol–water partition coefficient (Wildman–Crippen LogP) is 3.40. The molecule has 124 valence electrons. The number of benzene rings is 1. The summed E-state index contributed by atoms with van der Waals surface area (Å²) in [5, 5.41) is 17.8. The minimum Gasteiger partial charge on any atom is -0.350 e. The highest BCUT2D eigenvalue weighted by molar-refractivity contribution is 9.13. The predicted molar refractivity (Wildman–Crippen MR) is 96.4 cm³/mol. The quantitative estimate of drug-likeness (QED) is 0.485. The summed E-state index contributed by atoms with van der Waals surface area (Å²) in [6.45, 7) is 0.464. The molecular weight excluding hydrogens is 446 g/mol. The van der Waals surface area contributed by atoms with Gasteiger partial charge in [-0.3, -0.25) is 20.3 Å². The third kappa shape index (κ3) is 3.20. The number of rotatable bonds is 3. The summed E-state index contributed by atoms with van der Waals surface area (Å²) < 4.78 is 1.38. The number of halogens is 2. The van der Waals surface area contributed by atoms with E-state index in [9.17, 15) is 14.9 Å². The number of anilines is 1. The highest BCUT2D eigenvalue weighted by atomic mass is 79.9. The second kappa shape index (κ2) is 6.73. The summed E-state index contributed by atoms with van der Waals surface area (Å²) in [5.41, 5.74) is 5.31. The number of nitrogens with one attached hydrogen (secondary N) is 3. The van der Waals surface area contributed by atoms with E-state index in [4.69, 9.17) is 0 Å². The summed E-state index contributed by atoms with van der Waals surface area (Å²) in [6, 6.07) is 5.94. The van der Waals surface area contributed by atoms with Crippen molar-refractivity contribution in [3.8, 4) is 0 Å². The van der Waals surface area contributed by atoms with Crippen molar-refractivity contribution < 1.29 is 9.72 Å². The topological polar surface area (TPSA) is 112 Å². The lowest BCUT2D eigenvalue weighted by Gasteiger charge is -2.05. The van der Waals surface area contributed by atoms with Gasteiger partial charge < -0.3 is 10.3 Å². The molecule has 10 heteroatoms. The average molecular weight is 457 g/mol. The Labute approximate surface area is 153 Å². The first-order valence-electron chi connectivity index (χ1n) is 6.90. The van der Waals surface area contributed by atoms with Crippen molar-refractivity contribution in [2.75, 3.05) is 12.0 Å². The van der Waals surface area contributed by atoms with Gasteiger partial charge in [-0.1, -0.05) is 0 Å². The lowest BCUT2D eigenvalue weighted by Crippen LogP contribution is -2.23. The summed E-state index contributed by atoms with van der Waals surface area (Å²) >= 11 is 6.80. The monoisotopic (exact) mass is 455 g/mol. The smallest absolute Gasteiger partial charge is 0.269 e. The van der Waals surface area contributed by atoms with Crippen LogP contribution in [0.4, 0.5) is 11.4 Å². The number of aromatic nitrogens is 1. The minimum atomic E-state index is -0.459. The average Bonchev–Trinajstić information content (AvgIpc) is 2.77. The van der Waals surface area contributed by atoms with Gasteiger partial charge >= 0.3 is 0 Å². The zero-order valence-electron chi connectivity index (χ0n) is 12.1. The van der Waals surface area contributed by atoms with E-state index in [0.29, 0.717) is 40.2 Å². The molecule has 1 aliphatic heterocycles. The molecule has 0 fully saturated rings. The SMILES string of the molecule is O=C1NCC/C(=N/Nc2ccc([N+](=O)[O-])cc2)c2c1[nH]c(Br)c2Br. The van der Waals surface area contributed by atoms with Crippen LogP contribution in [-0.2, 0) is 0 Å². The highest BCUT2D eigenvalue weighted by Crippen LogP contribution is 2.31. The van der Waals surface area contributed by atoms with Crippen LogP contribution < -0.4 is 10.7 Å². The van der Waals surface area contributed by atoms with Gasteiger partial charge in [-0.05, 0) is 44.0 Å². The number of carbonyl (C=O) groups excluding carboxylic acids is 1. The molecule has 0 aliphatic carbocycles. The van der Waals surface area contributed by atoms with Gasteiger partial charge in [-0.15, -0.1) is 0 Å². The van der Waals surface area contributed by atoms with Gasteiger partial charge in [-0.25, -0.2) is 0 Å². The molecule has 3 N–H and O–H groups in total. The summed E-state index contributed by atoms with van der Waals surface area (Å²) in [4.78, 5) is 25.3. The maximum absolute atomic E-state index is 12.1. The van der Waals surface area contributed by atoms with Crippen LogP contribution in [0.25, 0.3) is 0 Å². The van der Waals surface area contributed by atoms with Gasteiger partial charge in [0.1, 0.15) is 5.69 Å². The van der Waals surface area contributed by atoms with Gasteiger partial charge in [0, 0.05) is 30.7 Å². The number of nitro benzene ring substituents is 1. The van der Waals surface area contributed by atoms with Crippen LogP contribution >= 0.6 is 31.9 Å². The van der Waals surface area contributed by atoms with E-state index in [0.717, 1.165) is 4.47 Å². The number of aromatic amines is 1. The first kappa shape index (κ1) is 16.7. The van der Waals surface area contributed by atoms with Gasteiger partial charge in [0.25, 0.3) is 11.6 Å². The zero-order chi connectivity index (χ0) is 17.3. The number of non-ortho nitro benzene ring substituents is 1. The molecule has 3 rings (SSSR count). The fourth-order valence-electron chi connectivity index (χ4n) is 2.30. The lowest BCUT2D eigenvalue weighted by atomic mass is 10.1. The van der Waals surface area contributed by atoms with E-state index in [-0.39, 0.29) is 11.6 Å². The third-order valence-electron chi connectivity index (χ3n) is 3.46. The van der Waals surface area contributed by atoms with E-state index >= 15 is 0 Å². The minimum absolute atomic E-state index is 0.0112. The Hall–Kier alpha value is -2.20. The Morgan fingerprint density at radius 2 is 1.96 bits per heavy atom. The Morgan fingerprint density at radius 1 is 1.25 bits per heavy atom. The highest BCUT2D eigenvalue weighted by Gasteiger charge is 2.26. The Balaban J connectivity index is 1.91. The molecule has 0 radical (unpaired) electrons. The van der Waals surface area contributed by atoms with E-state index in [1.54, 1.807) is 12.1 Å². The first-order valence-corrected chi connectivity index (χ1v) is 8.48. The van der Waals surface area contributed by atoms with Crippen molar-refractivity contribution in [2.45, 2.75) is 6.42 Å². The largest absolute Gasteiger partial charge is 0.350 e. The van der Waals surface area contributed by atoms with Gasteiger partial charge in [0.05, 0.1) is 25.4 Å². The normalized spacial score (nSPS) is 15.6. The second-order valence-corrected chi connectivity index (χ2v) is 6.57. The maximum Gasteiger partial charge on any atom is 0.269 e. The number of H-pyrrole nitrogens is 1. The van der Waals surface area contributed by atoms with Crippen molar-refractivity contribution in [3.05, 3.63) is 54.7 Å². The van der Waals surface area contributed by atoms with E-state index < -0.39 is 4.92 Å². The van der Waals surface area contributed by atoms with Gasteiger partial charge in [0.15, 0.2) is 0 Å². The number of nitro groups is 1. The molecule has 24 heavy (non-hydrogen) atoms. The molecule has 2 aromatic rings. The number of carbonyl (C=O) groups is 1. The summed E-state index contributed by atoms with van der Waals surface area (Å²) in [5.74, 6) is -0.197. The fourth-order valence-corrected chi connectivity index (χ4v) is 3.22. The van der Waals surface area contributed by atoms with Crippen LogP contribution in [0, 0.1) is 10.1 Å². The van der Waals surface area contributed by atoms with Crippen molar-refractivity contribution in [1.82, 2.24) is 10.3 Å². The van der Waals surface area contributed by atoms with Crippen molar-refractivity contribution in [3.63, 3.8) is 0 Å². The van der Waals surface area contributed by atoms with E-state index in [1.807, 2.05) is 0 Å². The molecule has 0 atom stereocenters. The molecule has 1 aromatic carbocycles. The zero-order valence-corrected chi connectivity index (χ0v) is 15.3. The third-order valence-corrected chi connectivity index (χ3v) is 5.38. The van der Waals surface area contributed by atoms with Crippen LogP contribution in [0.5, 0.6) is 0 Å². The number of hydrogen-bond acceptors (Lipinski definition) is 5. The maximum atomic E-state index is 12.1. The van der Waals surface area contributed by atoms with Crippen molar-refractivity contribution in [1.29, 1.82) is 0 Å². The molecule has 0 spiro atoms.